The van der Waals surface area contributed by atoms with Crippen molar-refractivity contribution in [3.63, 3.8) is 0 Å². The van der Waals surface area contributed by atoms with E-state index in [0.29, 0.717) is 25.2 Å². The number of alkyl carbamates (subject to hydrolysis) is 1. The first kappa shape index (κ1) is 28.3. The first-order valence-corrected chi connectivity index (χ1v) is 13.8. The molecule has 0 bridgehead atoms. The molecule has 2 heterocycles. The number of aromatic nitrogens is 2. The normalized spacial score (nSPS) is 11.8. The molecule has 0 saturated carbocycles. The Balaban J connectivity index is 1.14. The van der Waals surface area contributed by atoms with Crippen LogP contribution < -0.4 is 21.3 Å². The molecule has 2 aromatic carbocycles. The van der Waals surface area contributed by atoms with Gasteiger partial charge in [0.2, 0.25) is 0 Å². The average Bonchev–Trinajstić information content (AvgIpc) is 3.26. The lowest BCUT2D eigenvalue weighted by molar-refractivity contribution is 0.0528. The lowest BCUT2D eigenvalue weighted by Crippen LogP contribution is -2.36. The third-order valence-corrected chi connectivity index (χ3v) is 6.30. The Hall–Kier alpha value is -3.69. The Morgan fingerprint density at radius 3 is 2.23 bits per heavy atom. The number of carbonyl (C=O) groups excluding carboxylic acids is 2. The molecule has 0 saturated heterocycles. The quantitative estimate of drug-likeness (QED) is 0.162. The highest BCUT2D eigenvalue weighted by atomic mass is 16.6. The van der Waals surface area contributed by atoms with Gasteiger partial charge < -0.3 is 31.0 Å². The Morgan fingerprint density at radius 1 is 0.795 bits per heavy atom. The average molecular weight is 533 g/mol. The van der Waals surface area contributed by atoms with Crippen LogP contribution >= 0.6 is 0 Å². The number of hydrogen-bond acceptors (Lipinski definition) is 6. The van der Waals surface area contributed by atoms with Crippen molar-refractivity contribution in [1.82, 2.24) is 31.2 Å². The Kier molecular flexibility index (Phi) is 9.73. The summed E-state index contributed by atoms with van der Waals surface area (Å²) in [6.07, 6.45) is 2.57. The van der Waals surface area contributed by atoms with Crippen LogP contribution in [0, 0.1) is 0 Å². The van der Waals surface area contributed by atoms with E-state index in [9.17, 15) is 9.59 Å². The zero-order chi connectivity index (χ0) is 27.7. The van der Waals surface area contributed by atoms with Gasteiger partial charge in [0, 0.05) is 35.9 Å². The number of carbonyl (C=O) groups is 2. The first-order valence-electron chi connectivity index (χ1n) is 13.8. The summed E-state index contributed by atoms with van der Waals surface area (Å²) in [4.78, 5) is 33.2. The lowest BCUT2D eigenvalue weighted by Gasteiger charge is -2.19. The van der Waals surface area contributed by atoms with Crippen LogP contribution in [0.5, 0.6) is 0 Å². The molecule has 5 N–H and O–H groups in total. The van der Waals surface area contributed by atoms with Crippen molar-refractivity contribution in [1.29, 1.82) is 0 Å². The summed E-state index contributed by atoms with van der Waals surface area (Å²) in [6.45, 7) is 10.1. The molecule has 0 aliphatic rings. The number of hydrogen-bond donors (Lipinski definition) is 5. The third-order valence-electron chi connectivity index (χ3n) is 6.30. The van der Waals surface area contributed by atoms with Gasteiger partial charge in [-0.3, -0.25) is 4.79 Å². The van der Waals surface area contributed by atoms with E-state index in [1.807, 2.05) is 69.3 Å². The van der Waals surface area contributed by atoms with Gasteiger partial charge in [0.25, 0.3) is 5.91 Å². The fraction of sp³-hybridized carbons (Fsp3) is 0.433. The summed E-state index contributed by atoms with van der Waals surface area (Å²) >= 11 is 0. The zero-order valence-corrected chi connectivity index (χ0v) is 23.2. The summed E-state index contributed by atoms with van der Waals surface area (Å²) in [7, 11) is 0. The van der Waals surface area contributed by atoms with E-state index in [2.05, 4.69) is 26.3 Å². The molecule has 0 radical (unpaired) electrons. The highest BCUT2D eigenvalue weighted by molar-refractivity contribution is 6.20. The van der Waals surface area contributed by atoms with Crippen LogP contribution in [0.15, 0.2) is 48.5 Å². The number of nitrogens with one attached hydrogen (secondary N) is 5. The third kappa shape index (κ3) is 7.91. The maximum absolute atomic E-state index is 13.3. The van der Waals surface area contributed by atoms with Gasteiger partial charge in [-0.2, -0.15) is 0 Å². The minimum absolute atomic E-state index is 0.0858. The number of fused-ring (bicyclic) bond motifs is 4. The minimum Gasteiger partial charge on any atom is -0.444 e. The monoisotopic (exact) mass is 532 g/mol. The lowest BCUT2D eigenvalue weighted by atomic mass is 10.1. The Labute approximate surface area is 229 Å². The number of unbranched alkanes of at least 4 members (excludes halogenated alkanes) is 1. The van der Waals surface area contributed by atoms with Gasteiger partial charge in [0.15, 0.2) is 0 Å². The number of rotatable bonds is 13. The molecule has 0 atom stereocenters. The van der Waals surface area contributed by atoms with E-state index < -0.39 is 5.60 Å². The van der Waals surface area contributed by atoms with Gasteiger partial charge in [0.1, 0.15) is 5.60 Å². The molecular weight excluding hydrogens is 492 g/mol. The van der Waals surface area contributed by atoms with Crippen LogP contribution in [-0.4, -0.2) is 66.8 Å². The molecule has 0 fully saturated rings. The van der Waals surface area contributed by atoms with Gasteiger partial charge in [-0.05, 0) is 71.8 Å². The number of para-hydroxylation sites is 2. The summed E-state index contributed by atoms with van der Waals surface area (Å²) in [5, 5.41) is 14.5. The highest BCUT2D eigenvalue weighted by Crippen LogP contribution is 2.30. The second-order valence-corrected chi connectivity index (χ2v) is 10.6. The summed E-state index contributed by atoms with van der Waals surface area (Å²) in [5.41, 5.74) is 3.56. The summed E-state index contributed by atoms with van der Waals surface area (Å²) in [5.74, 6) is -0.0858. The van der Waals surface area contributed by atoms with Gasteiger partial charge in [-0.15, -0.1) is 0 Å². The molecule has 9 heteroatoms. The van der Waals surface area contributed by atoms with Crippen molar-refractivity contribution in [3.05, 3.63) is 54.1 Å². The molecule has 9 nitrogen and oxygen atoms in total. The van der Waals surface area contributed by atoms with Gasteiger partial charge in [0.05, 0.1) is 22.1 Å². The number of ether oxygens (including phenoxy) is 1. The number of H-pyrrole nitrogens is 1. The van der Waals surface area contributed by atoms with Crippen molar-refractivity contribution in [2.45, 2.75) is 45.6 Å². The Morgan fingerprint density at radius 2 is 1.46 bits per heavy atom. The van der Waals surface area contributed by atoms with Crippen LogP contribution in [-0.2, 0) is 4.74 Å². The molecule has 0 spiro atoms. The van der Waals surface area contributed by atoms with Crippen molar-refractivity contribution in [3.8, 4) is 0 Å². The maximum atomic E-state index is 13.3. The van der Waals surface area contributed by atoms with E-state index in [1.165, 1.54) is 0 Å². The second-order valence-electron chi connectivity index (χ2n) is 10.6. The van der Waals surface area contributed by atoms with Crippen LogP contribution in [0.2, 0.25) is 0 Å². The predicted molar refractivity (Wildman–Crippen MR) is 157 cm³/mol. The molecule has 2 aromatic heterocycles. The maximum Gasteiger partial charge on any atom is 0.407 e. The van der Waals surface area contributed by atoms with Gasteiger partial charge in [-0.25, -0.2) is 9.78 Å². The van der Waals surface area contributed by atoms with Crippen LogP contribution in [0.1, 0.15) is 50.4 Å². The van der Waals surface area contributed by atoms with Crippen LogP contribution in [0.4, 0.5) is 4.79 Å². The van der Waals surface area contributed by atoms with Crippen LogP contribution in [0.3, 0.4) is 0 Å². The molecule has 0 unspecified atom stereocenters. The van der Waals surface area contributed by atoms with E-state index in [-0.39, 0.29) is 12.0 Å². The van der Waals surface area contributed by atoms with Crippen LogP contribution in [0.25, 0.3) is 32.8 Å². The SMILES string of the molecule is CC(C)(C)OC(=O)NCCNCCCCNCCCNC(=O)c1c2ccccc2nc2c1[nH]c1ccccc12. The molecule has 208 valence electrons. The molecule has 4 rings (SSSR count). The first-order chi connectivity index (χ1) is 18.8. The smallest absolute Gasteiger partial charge is 0.407 e. The number of amides is 2. The number of nitrogens with zero attached hydrogens (tertiary/aromatic N) is 1. The van der Waals surface area contributed by atoms with Crippen molar-refractivity contribution in [2.24, 2.45) is 0 Å². The van der Waals surface area contributed by atoms with E-state index in [4.69, 9.17) is 9.72 Å². The van der Waals surface area contributed by atoms with Gasteiger partial charge in [-0.1, -0.05) is 36.4 Å². The molecular formula is C30H40N6O3. The summed E-state index contributed by atoms with van der Waals surface area (Å²) < 4.78 is 5.21. The highest BCUT2D eigenvalue weighted by Gasteiger charge is 2.19. The second kappa shape index (κ2) is 13.4. The van der Waals surface area contributed by atoms with E-state index in [0.717, 1.165) is 71.7 Å². The standard InChI is InChI=1S/C30H40N6O3/c1-30(2,3)39-29(38)34-20-19-32-16-9-8-15-31-17-10-18-33-28(37)25-21-11-4-6-13-23(21)35-26-22-12-5-7-14-24(22)36-27(25)26/h4-7,11-14,31-32,36H,8-10,15-20H2,1-3H3,(H,33,37)(H,34,38). The molecule has 39 heavy (non-hydrogen) atoms. The van der Waals surface area contributed by atoms with E-state index >= 15 is 0 Å². The number of aromatic amines is 1. The largest absolute Gasteiger partial charge is 0.444 e. The molecule has 2 amide bonds. The zero-order valence-electron chi connectivity index (χ0n) is 23.2. The fourth-order valence-corrected chi connectivity index (χ4v) is 4.52. The molecule has 4 aromatic rings. The predicted octanol–water partition coefficient (Wildman–Crippen LogP) is 4.47. The van der Waals surface area contributed by atoms with Crippen molar-refractivity contribution in [2.75, 3.05) is 39.3 Å². The Bertz CT molecular complexity index is 1410. The minimum atomic E-state index is -0.477. The topological polar surface area (TPSA) is 120 Å². The number of pyridine rings is 1. The number of benzene rings is 2. The van der Waals surface area contributed by atoms with Crippen molar-refractivity contribution < 1.29 is 14.3 Å². The van der Waals surface area contributed by atoms with Gasteiger partial charge >= 0.3 is 6.09 Å². The molecule has 0 aliphatic carbocycles. The van der Waals surface area contributed by atoms with E-state index in [1.54, 1.807) is 0 Å². The fourth-order valence-electron chi connectivity index (χ4n) is 4.52. The van der Waals surface area contributed by atoms with Crippen molar-refractivity contribution >= 4 is 44.8 Å². The molecule has 0 aliphatic heterocycles. The summed E-state index contributed by atoms with van der Waals surface area (Å²) in [6, 6.07) is 15.8.